The number of piperazine rings is 1. The molecule has 1 unspecified atom stereocenters. The van der Waals surface area contributed by atoms with Crippen LogP contribution in [-0.2, 0) is 11.2 Å². The third-order valence-electron chi connectivity index (χ3n) is 4.78. The molecule has 0 spiro atoms. The van der Waals surface area contributed by atoms with E-state index in [1.54, 1.807) is 32.4 Å². The SMILES string of the molecule is COc1ccc(CC(=O)N2CCN(c3cccc(F)n3)C(C)C2)cc1OC. The molecule has 144 valence electrons. The van der Waals surface area contributed by atoms with Gasteiger partial charge in [-0.2, -0.15) is 4.39 Å². The van der Waals surface area contributed by atoms with Crippen LogP contribution in [0.3, 0.4) is 0 Å². The molecule has 1 atom stereocenters. The first-order valence-electron chi connectivity index (χ1n) is 8.89. The summed E-state index contributed by atoms with van der Waals surface area (Å²) in [4.78, 5) is 20.5. The lowest BCUT2D eigenvalue weighted by Crippen LogP contribution is -2.54. The highest BCUT2D eigenvalue weighted by molar-refractivity contribution is 5.79. The first-order chi connectivity index (χ1) is 13.0. The van der Waals surface area contributed by atoms with Crippen molar-refractivity contribution in [3.63, 3.8) is 0 Å². The van der Waals surface area contributed by atoms with Gasteiger partial charge in [0.05, 0.1) is 20.6 Å². The summed E-state index contributed by atoms with van der Waals surface area (Å²) in [6.45, 7) is 3.79. The van der Waals surface area contributed by atoms with E-state index in [4.69, 9.17) is 9.47 Å². The number of methoxy groups -OCH3 is 2. The minimum Gasteiger partial charge on any atom is -0.493 e. The van der Waals surface area contributed by atoms with Crippen molar-refractivity contribution >= 4 is 11.7 Å². The number of carbonyl (C=O) groups excluding carboxylic acids is 1. The van der Waals surface area contributed by atoms with E-state index in [-0.39, 0.29) is 11.9 Å². The molecule has 0 saturated carbocycles. The second kappa shape index (κ2) is 8.24. The zero-order valence-electron chi connectivity index (χ0n) is 15.8. The van der Waals surface area contributed by atoms with Gasteiger partial charge in [-0.1, -0.05) is 12.1 Å². The summed E-state index contributed by atoms with van der Waals surface area (Å²) in [6, 6.07) is 10.3. The first kappa shape index (κ1) is 18.9. The zero-order valence-corrected chi connectivity index (χ0v) is 15.8. The van der Waals surface area contributed by atoms with Crippen LogP contribution in [0.5, 0.6) is 11.5 Å². The summed E-state index contributed by atoms with van der Waals surface area (Å²) in [5, 5.41) is 0. The molecule has 1 aliphatic heterocycles. The molecule has 1 amide bonds. The number of pyridine rings is 1. The van der Waals surface area contributed by atoms with Crippen LogP contribution in [0.15, 0.2) is 36.4 Å². The van der Waals surface area contributed by atoms with E-state index in [0.29, 0.717) is 43.4 Å². The van der Waals surface area contributed by atoms with Crippen molar-refractivity contribution in [1.82, 2.24) is 9.88 Å². The van der Waals surface area contributed by atoms with Crippen LogP contribution >= 0.6 is 0 Å². The first-order valence-corrected chi connectivity index (χ1v) is 8.89. The molecule has 1 aromatic heterocycles. The van der Waals surface area contributed by atoms with Crippen LogP contribution in [0.25, 0.3) is 0 Å². The van der Waals surface area contributed by atoms with Crippen LogP contribution in [0.2, 0.25) is 0 Å². The number of benzene rings is 1. The molecule has 0 bridgehead atoms. The normalized spacial score (nSPS) is 17.0. The Morgan fingerprint density at radius 3 is 2.63 bits per heavy atom. The molecule has 6 nitrogen and oxygen atoms in total. The highest BCUT2D eigenvalue weighted by atomic mass is 19.1. The molecule has 1 aromatic carbocycles. The Balaban J connectivity index is 1.64. The number of aromatic nitrogens is 1. The van der Waals surface area contributed by atoms with Gasteiger partial charge in [-0.3, -0.25) is 4.79 Å². The average molecular weight is 373 g/mol. The maximum absolute atomic E-state index is 13.4. The maximum atomic E-state index is 13.4. The second-order valence-corrected chi connectivity index (χ2v) is 6.57. The number of amides is 1. The number of nitrogens with zero attached hydrogens (tertiary/aromatic N) is 3. The molecule has 0 radical (unpaired) electrons. The Kier molecular flexibility index (Phi) is 5.78. The minimum absolute atomic E-state index is 0.0564. The summed E-state index contributed by atoms with van der Waals surface area (Å²) in [5.74, 6) is 1.42. The minimum atomic E-state index is -0.494. The van der Waals surface area contributed by atoms with Gasteiger partial charge in [-0.25, -0.2) is 4.98 Å². The van der Waals surface area contributed by atoms with Gasteiger partial charge in [0.15, 0.2) is 11.5 Å². The molecule has 2 heterocycles. The molecule has 7 heteroatoms. The van der Waals surface area contributed by atoms with Crippen molar-refractivity contribution in [2.24, 2.45) is 0 Å². The average Bonchev–Trinajstić information content (AvgIpc) is 2.67. The Hall–Kier alpha value is -2.83. The van der Waals surface area contributed by atoms with Crippen LogP contribution < -0.4 is 14.4 Å². The number of carbonyl (C=O) groups is 1. The van der Waals surface area contributed by atoms with E-state index < -0.39 is 5.95 Å². The number of hydrogen-bond donors (Lipinski definition) is 0. The highest BCUT2D eigenvalue weighted by Gasteiger charge is 2.27. The van der Waals surface area contributed by atoms with Gasteiger partial charge in [0.25, 0.3) is 0 Å². The van der Waals surface area contributed by atoms with Crippen molar-refractivity contribution in [3.05, 3.63) is 47.9 Å². The summed E-state index contributed by atoms with van der Waals surface area (Å²) >= 11 is 0. The quantitative estimate of drug-likeness (QED) is 0.754. The standard InChI is InChI=1S/C20H24FN3O3/c1-14-13-23(9-10-24(14)19-6-4-5-18(21)22-19)20(25)12-15-7-8-16(26-2)17(11-15)27-3/h4-8,11,14H,9-10,12-13H2,1-3H3. The second-order valence-electron chi connectivity index (χ2n) is 6.57. The number of rotatable bonds is 5. The summed E-state index contributed by atoms with van der Waals surface area (Å²) in [5.41, 5.74) is 0.875. The Labute approximate surface area is 158 Å². The van der Waals surface area contributed by atoms with Gasteiger partial charge in [0.2, 0.25) is 11.9 Å². The van der Waals surface area contributed by atoms with Gasteiger partial charge in [-0.05, 0) is 36.8 Å². The third kappa shape index (κ3) is 4.30. The van der Waals surface area contributed by atoms with Crippen molar-refractivity contribution in [3.8, 4) is 11.5 Å². The smallest absolute Gasteiger partial charge is 0.227 e. The van der Waals surface area contributed by atoms with Crippen molar-refractivity contribution < 1.29 is 18.7 Å². The molecule has 3 rings (SSSR count). The molecular formula is C20H24FN3O3. The molecule has 1 saturated heterocycles. The number of hydrogen-bond acceptors (Lipinski definition) is 5. The lowest BCUT2D eigenvalue weighted by Gasteiger charge is -2.40. The Morgan fingerprint density at radius 1 is 1.19 bits per heavy atom. The molecule has 0 N–H and O–H groups in total. The molecule has 27 heavy (non-hydrogen) atoms. The van der Waals surface area contributed by atoms with Gasteiger partial charge >= 0.3 is 0 Å². The fraction of sp³-hybridized carbons (Fsp3) is 0.400. The van der Waals surface area contributed by atoms with E-state index in [0.717, 1.165) is 5.56 Å². The monoisotopic (exact) mass is 373 g/mol. The summed E-state index contributed by atoms with van der Waals surface area (Å²) in [6.07, 6.45) is 0.297. The molecular weight excluding hydrogens is 349 g/mol. The Morgan fingerprint density at radius 2 is 1.96 bits per heavy atom. The van der Waals surface area contributed by atoms with Crippen molar-refractivity contribution in [2.45, 2.75) is 19.4 Å². The van der Waals surface area contributed by atoms with Crippen molar-refractivity contribution in [2.75, 3.05) is 38.8 Å². The zero-order chi connectivity index (χ0) is 19.4. The van der Waals surface area contributed by atoms with Gasteiger partial charge in [0.1, 0.15) is 5.82 Å². The van der Waals surface area contributed by atoms with Crippen molar-refractivity contribution in [1.29, 1.82) is 0 Å². The Bertz CT molecular complexity index is 815. The predicted octanol–water partition coefficient (Wildman–Crippen LogP) is 2.52. The van der Waals surface area contributed by atoms with Gasteiger partial charge < -0.3 is 19.3 Å². The summed E-state index contributed by atoms with van der Waals surface area (Å²) in [7, 11) is 3.15. The predicted molar refractivity (Wildman–Crippen MR) is 101 cm³/mol. The van der Waals surface area contributed by atoms with Gasteiger partial charge in [0, 0.05) is 25.7 Å². The molecule has 1 aliphatic rings. The van der Waals surface area contributed by atoms with Crippen LogP contribution in [0, 0.1) is 5.95 Å². The van der Waals surface area contributed by atoms with Crippen LogP contribution in [0.4, 0.5) is 10.2 Å². The molecule has 2 aromatic rings. The van der Waals surface area contributed by atoms with Gasteiger partial charge in [-0.15, -0.1) is 0 Å². The molecule has 0 aliphatic carbocycles. The maximum Gasteiger partial charge on any atom is 0.227 e. The van der Waals surface area contributed by atoms with E-state index in [1.165, 1.54) is 6.07 Å². The van der Waals surface area contributed by atoms with Crippen LogP contribution in [0.1, 0.15) is 12.5 Å². The largest absolute Gasteiger partial charge is 0.493 e. The van der Waals surface area contributed by atoms with E-state index in [2.05, 4.69) is 4.98 Å². The lowest BCUT2D eigenvalue weighted by molar-refractivity contribution is -0.131. The van der Waals surface area contributed by atoms with E-state index in [1.807, 2.05) is 28.9 Å². The number of halogens is 1. The fourth-order valence-electron chi connectivity index (χ4n) is 3.36. The topological polar surface area (TPSA) is 54.9 Å². The number of ether oxygens (including phenoxy) is 2. The summed E-state index contributed by atoms with van der Waals surface area (Å²) < 4.78 is 23.9. The molecule has 1 fully saturated rings. The van der Waals surface area contributed by atoms with E-state index in [9.17, 15) is 9.18 Å². The van der Waals surface area contributed by atoms with Crippen LogP contribution in [-0.4, -0.2) is 55.7 Å². The highest BCUT2D eigenvalue weighted by Crippen LogP contribution is 2.28. The fourth-order valence-corrected chi connectivity index (χ4v) is 3.36. The lowest BCUT2D eigenvalue weighted by atomic mass is 10.1. The third-order valence-corrected chi connectivity index (χ3v) is 4.78. The number of anilines is 1. The van der Waals surface area contributed by atoms with E-state index >= 15 is 0 Å².